The molecule has 0 aliphatic heterocycles. The van der Waals surface area contributed by atoms with E-state index in [4.69, 9.17) is 15.8 Å². The summed E-state index contributed by atoms with van der Waals surface area (Å²) in [5.41, 5.74) is 46.8. The molecule has 0 fully saturated rings. The van der Waals surface area contributed by atoms with Crippen LogP contribution < -0.4 is 4.74 Å². The smallest absolute Gasteiger partial charge is 0.161 e. The van der Waals surface area contributed by atoms with Crippen LogP contribution >= 0.6 is 11.1 Å². The highest BCUT2D eigenvalue weighted by molar-refractivity contribution is 7.20. The number of fused-ring (bicyclic) bond motifs is 6. The second-order valence-electron chi connectivity index (χ2n) is 38.4. The van der Waals surface area contributed by atoms with Gasteiger partial charge in [-0.25, -0.2) is 0 Å². The van der Waals surface area contributed by atoms with E-state index in [-0.39, 0.29) is 32.5 Å². The first kappa shape index (κ1) is 78.3. The molecule has 14 rings (SSSR count). The molecule has 0 N–H and O–H groups in total. The Kier molecular flexibility index (Phi) is 21.9. The van der Waals surface area contributed by atoms with Gasteiger partial charge in [-0.05, 0) is 263 Å². The van der Waals surface area contributed by atoms with Crippen molar-refractivity contribution in [3.8, 4) is 50.3 Å². The van der Waals surface area contributed by atoms with E-state index in [1.807, 2.05) is 0 Å². The minimum Gasteiger partial charge on any atom is -0.496 e. The summed E-state index contributed by atoms with van der Waals surface area (Å²) in [5.74, 6) is 1.60. The number of methoxy groups -OCH3 is 1. The van der Waals surface area contributed by atoms with Gasteiger partial charge in [0, 0.05) is 32.1 Å². The Hall–Kier alpha value is -6.76. The molecule has 104 heavy (non-hydrogen) atoms. The van der Waals surface area contributed by atoms with Gasteiger partial charge in [0.1, 0.15) is 5.75 Å². The lowest BCUT2D eigenvalue weighted by Gasteiger charge is -2.27. The number of hydrogen-bond donors (Lipinski definition) is 0. The Morgan fingerprint density at radius 1 is 0.413 bits per heavy atom. The van der Waals surface area contributed by atoms with E-state index < -0.39 is 7.38 Å². The van der Waals surface area contributed by atoms with Crippen molar-refractivity contribution in [2.45, 2.75) is 280 Å². The van der Waals surface area contributed by atoms with Gasteiger partial charge >= 0.3 is 0 Å². The Morgan fingerprint density at radius 3 is 1.20 bits per heavy atom. The predicted octanol–water partition coefficient (Wildman–Crippen LogP) is 28.7. The number of benzene rings is 8. The number of aryl methyl sites for hydroxylation is 2. The minimum absolute atomic E-state index is 0.0325. The fraction of sp³-hybridized carbons (Fsp3) is 0.440. The Morgan fingerprint density at radius 2 is 0.798 bits per heavy atom. The van der Waals surface area contributed by atoms with E-state index in [9.17, 15) is 0 Å². The quantitative estimate of drug-likeness (QED) is 0.114. The van der Waals surface area contributed by atoms with Crippen molar-refractivity contribution in [3.05, 3.63) is 249 Å². The number of rotatable bonds is 7. The van der Waals surface area contributed by atoms with Crippen LogP contribution in [0.5, 0.6) is 5.75 Å². The number of hydrogen-bond acceptors (Lipinski definition) is 1. The molecule has 0 saturated heterocycles. The third-order valence-electron chi connectivity index (χ3n) is 23.6. The van der Waals surface area contributed by atoms with Crippen LogP contribution in [-0.4, -0.2) is 24.0 Å². The Balaban J connectivity index is 0.000000139. The highest BCUT2D eigenvalue weighted by atomic mass is 35.6. The van der Waals surface area contributed by atoms with Gasteiger partial charge in [0.15, 0.2) is 7.38 Å². The van der Waals surface area contributed by atoms with Crippen LogP contribution in [0.25, 0.3) is 68.8 Å². The molecule has 8 aromatic rings. The van der Waals surface area contributed by atoms with E-state index in [1.54, 1.807) is 40.5 Å². The van der Waals surface area contributed by atoms with Gasteiger partial charge in [-0.1, -0.05) is 313 Å². The van der Waals surface area contributed by atoms with Gasteiger partial charge in [-0.15, -0.1) is 0 Å². The van der Waals surface area contributed by atoms with Gasteiger partial charge in [-0.3, -0.25) is 0 Å². The third-order valence-corrected chi connectivity index (χ3v) is 27.8. The average Bonchev–Trinajstić information content (AvgIpc) is 1.58. The molecule has 8 aromatic carbocycles. The molecule has 0 saturated carbocycles. The molecule has 2 radical (unpaired) electrons. The largest absolute Gasteiger partial charge is 0.496 e. The second kappa shape index (κ2) is 29.1. The molecule has 4 heteroatoms. The van der Waals surface area contributed by atoms with Crippen molar-refractivity contribution < 1.29 is 4.74 Å². The Bertz CT molecular complexity index is 4700. The zero-order valence-corrected chi connectivity index (χ0v) is 72.1. The lowest BCUT2D eigenvalue weighted by atomic mass is 9.78. The van der Waals surface area contributed by atoms with Crippen LogP contribution in [0.3, 0.4) is 0 Å². The fourth-order valence-corrected chi connectivity index (χ4v) is 21.9. The van der Waals surface area contributed by atoms with Crippen LogP contribution in [0.4, 0.5) is 0 Å². The van der Waals surface area contributed by atoms with Gasteiger partial charge in [0.2, 0.25) is 0 Å². The van der Waals surface area contributed by atoms with Gasteiger partial charge in [-0.2, -0.15) is 11.1 Å². The van der Waals surface area contributed by atoms with Crippen LogP contribution in [0.1, 0.15) is 295 Å². The zero-order chi connectivity index (χ0) is 76.0. The lowest BCUT2D eigenvalue weighted by Crippen LogP contribution is -2.28. The molecule has 6 aliphatic carbocycles. The second-order valence-corrected chi connectivity index (χ2v) is 46.2. The van der Waals surface area contributed by atoms with E-state index in [0.29, 0.717) is 17.0 Å². The number of allylic oxidation sites excluding steroid dienone is 4. The van der Waals surface area contributed by atoms with Crippen molar-refractivity contribution >= 4 is 52.3 Å². The van der Waals surface area contributed by atoms with Crippen LogP contribution in [0, 0.1) is 6.92 Å². The maximum Gasteiger partial charge on any atom is 0.161 e. The maximum atomic E-state index is 6.98. The highest BCUT2D eigenvalue weighted by Crippen LogP contribution is 2.53. The predicted molar refractivity (Wildman–Crippen MR) is 462 cm³/mol. The standard InChI is InChI=1S/C26H34Si.C25H31ClSi.C25H32O.C24H28/c1-16-14-20-21(24(16)27-9)15-22(26(6,7)8)17(2)23(20)18-10-12-19(13-11-18)25(3,4)5;1-16-14-21-22(24(16)27(5,6)26)15-18-8-7-9-20(18)23(21)17-10-12-19(13-11-17)25(2,3)4;1-16-13-18-15-21(25(5,6)7)23(26-8)22(20(18)14-16)17-9-11-19(12-10-17)24(2,3)4;1-15-13-22-21(16(15)2)14-18-7-6-8-20(18)23(22)17-9-11-19(12-10-17)24(3,4)5/h10-15,24H,1-9H3;10-15,24H,7-9H2,1-6H3;9-13,15H,14H2,1-8H3;9-14,16H,6-8H2,1-5H3. The molecule has 1 nitrogen and oxygen atoms in total. The minimum atomic E-state index is -1.82. The summed E-state index contributed by atoms with van der Waals surface area (Å²) in [5, 5.41) is 0. The van der Waals surface area contributed by atoms with Crippen molar-refractivity contribution in [3.63, 3.8) is 0 Å². The molecule has 0 heterocycles. The van der Waals surface area contributed by atoms with Gasteiger partial charge in [0.25, 0.3) is 0 Å². The zero-order valence-electron chi connectivity index (χ0n) is 69.3. The summed E-state index contributed by atoms with van der Waals surface area (Å²) in [6, 6.07) is 46.9. The molecule has 3 atom stereocenters. The van der Waals surface area contributed by atoms with Gasteiger partial charge in [0.05, 0.1) is 7.11 Å². The molecule has 0 spiro atoms. The third kappa shape index (κ3) is 15.8. The van der Waals surface area contributed by atoms with E-state index in [1.165, 1.54) is 178 Å². The summed E-state index contributed by atoms with van der Waals surface area (Å²) in [6.07, 6.45) is 18.1. The first-order chi connectivity index (χ1) is 48.4. The summed E-state index contributed by atoms with van der Waals surface area (Å²) >= 11 is 6.98. The first-order valence-electron chi connectivity index (χ1n) is 39.2. The van der Waals surface area contributed by atoms with Gasteiger partial charge < -0.3 is 4.74 Å². The molecular weight excluding hydrogens is 1310 g/mol. The molecule has 0 amide bonds. The summed E-state index contributed by atoms with van der Waals surface area (Å²) in [6.45, 7) is 61.8. The van der Waals surface area contributed by atoms with Crippen molar-refractivity contribution in [1.29, 1.82) is 0 Å². The molecule has 546 valence electrons. The number of halogens is 1. The normalized spacial score (nSPS) is 17.4. The lowest BCUT2D eigenvalue weighted by molar-refractivity contribution is 0.399. The molecule has 3 unspecified atom stereocenters. The van der Waals surface area contributed by atoms with E-state index in [0.717, 1.165) is 21.7 Å². The highest BCUT2D eigenvalue weighted by Gasteiger charge is 2.40. The van der Waals surface area contributed by atoms with E-state index in [2.05, 4.69) is 331 Å². The maximum absolute atomic E-state index is 6.98. The molecule has 0 aromatic heterocycles. The monoisotopic (exact) mass is 1430 g/mol. The average molecular weight is 1430 g/mol. The summed E-state index contributed by atoms with van der Waals surface area (Å²) in [7, 11) is 0.891. The molecular formula is C100H125ClOSi2. The molecule has 0 bridgehead atoms. The van der Waals surface area contributed by atoms with Crippen molar-refractivity contribution in [2.24, 2.45) is 0 Å². The van der Waals surface area contributed by atoms with Crippen LogP contribution in [0.15, 0.2) is 144 Å². The van der Waals surface area contributed by atoms with E-state index >= 15 is 0 Å². The topological polar surface area (TPSA) is 9.23 Å². The summed E-state index contributed by atoms with van der Waals surface area (Å²) in [4.78, 5) is 0. The van der Waals surface area contributed by atoms with Crippen LogP contribution in [-0.2, 0) is 64.6 Å². The summed E-state index contributed by atoms with van der Waals surface area (Å²) < 4.78 is 5.99. The van der Waals surface area contributed by atoms with Crippen LogP contribution in [0.2, 0.25) is 19.6 Å². The first-order valence-corrected chi connectivity index (χ1v) is 44.9. The molecule has 6 aliphatic rings. The van der Waals surface area contributed by atoms with Crippen molar-refractivity contribution in [1.82, 2.24) is 0 Å². The van der Waals surface area contributed by atoms with Crippen molar-refractivity contribution in [2.75, 3.05) is 7.11 Å². The Labute approximate surface area is 639 Å². The fourth-order valence-electron chi connectivity index (χ4n) is 17.8. The number of ether oxygens (including phenoxy) is 1. The SMILES string of the molecule is CC1=Cc2c(cc3c(c2-c2ccc(C(C)(C)C)cc2)CCC3)C1C.CC1=Cc2c(cc3c(c2-c2ccc(C(C)(C)C)cc2)CCC3)C1[Si](C)(C)Cl.COc1c(C(C)(C)C)cc2c(c1-c1ccc(C(C)(C)C)cc1)CC(C)=C2.C[Si]C1C(C)=Cc2c1cc(C(C)(C)C)c(C)c2-c1ccc(C(C)(C)C)cc1.